The van der Waals surface area contributed by atoms with Gasteiger partial charge in [-0.15, -0.1) is 0 Å². The first-order chi connectivity index (χ1) is 3.39. The van der Waals surface area contributed by atoms with Crippen molar-refractivity contribution in [2.75, 3.05) is 20.1 Å². The van der Waals surface area contributed by atoms with E-state index in [2.05, 4.69) is 18.4 Å². The van der Waals surface area contributed by atoms with Crippen LogP contribution in [0, 0.1) is 6.42 Å². The predicted octanol–water partition coefficient (Wildman–Crippen LogP) is 0.533. The first-order valence-electron chi connectivity index (χ1n) is 2.90. The second kappa shape index (κ2) is 7.26. The summed E-state index contributed by atoms with van der Waals surface area (Å²) in [6.07, 6.45) is 4.94. The molecule has 0 saturated carbocycles. The summed E-state index contributed by atoms with van der Waals surface area (Å²) in [7, 11) is 2.17. The van der Waals surface area contributed by atoms with Gasteiger partial charge in [-0.3, -0.25) is 0 Å². The fourth-order valence-electron chi connectivity index (χ4n) is 0.879. The molecule has 1 fully saturated rings. The van der Waals surface area contributed by atoms with Gasteiger partial charge in [0.05, 0.1) is 0 Å². The van der Waals surface area contributed by atoms with Gasteiger partial charge in [-0.2, -0.15) is 12.8 Å². The Morgan fingerprint density at radius 1 is 1.22 bits per heavy atom. The molecule has 4 radical (unpaired) electrons. The van der Waals surface area contributed by atoms with Crippen molar-refractivity contribution in [3.8, 4) is 0 Å². The molecule has 1 rings (SSSR count). The van der Waals surface area contributed by atoms with Gasteiger partial charge in [-0.05, 0) is 20.1 Å². The molecule has 0 atom stereocenters. The largest absolute Gasteiger partial charge is 0.326 e. The van der Waals surface area contributed by atoms with E-state index in [4.69, 9.17) is 0 Å². The topological polar surface area (TPSA) is 3.24 Å². The molecule has 0 amide bonds. The molecule has 0 aliphatic carbocycles. The minimum Gasteiger partial charge on any atom is -0.326 e. The maximum Gasteiger partial charge on any atom is 0 e. The number of nitrogens with zero attached hydrogens (tertiary/aromatic N) is 1. The van der Waals surface area contributed by atoms with Gasteiger partial charge >= 0.3 is 0 Å². The van der Waals surface area contributed by atoms with E-state index < -0.39 is 0 Å². The average molecular weight is 311 g/mol. The second-order valence-electron chi connectivity index (χ2n) is 2.17. The molecule has 0 aromatic rings. The molecule has 1 saturated heterocycles. The van der Waals surface area contributed by atoms with Crippen LogP contribution in [0.1, 0.15) is 12.8 Å². The SMILES string of the molecule is CN1CC[CH-]CC1.[Al].[Re]. The van der Waals surface area contributed by atoms with Crippen LogP contribution >= 0.6 is 0 Å². The Morgan fingerprint density at radius 3 is 1.89 bits per heavy atom. The van der Waals surface area contributed by atoms with Crippen molar-refractivity contribution in [3.05, 3.63) is 6.42 Å². The molecule has 0 bridgehead atoms. The maximum absolute atomic E-state index is 2.36. The third-order valence-electron chi connectivity index (χ3n) is 1.43. The van der Waals surface area contributed by atoms with E-state index in [1.807, 2.05) is 0 Å². The molecule has 0 unspecified atom stereocenters. The molecule has 0 aromatic heterocycles. The molecule has 52 valence electrons. The van der Waals surface area contributed by atoms with Gasteiger partial charge in [0.2, 0.25) is 0 Å². The molecule has 1 aliphatic heterocycles. The summed E-state index contributed by atoms with van der Waals surface area (Å²) in [4.78, 5) is 2.36. The average Bonchev–Trinajstić information content (AvgIpc) is 1.69. The summed E-state index contributed by atoms with van der Waals surface area (Å²) in [6, 6.07) is 0. The van der Waals surface area contributed by atoms with Crippen LogP contribution < -0.4 is 0 Å². The van der Waals surface area contributed by atoms with E-state index in [1.54, 1.807) is 0 Å². The zero-order valence-corrected chi connectivity index (χ0v) is 9.68. The zero-order chi connectivity index (χ0) is 5.11. The summed E-state index contributed by atoms with van der Waals surface area (Å²) in [5.41, 5.74) is 0. The van der Waals surface area contributed by atoms with Crippen LogP contribution in [0.25, 0.3) is 0 Å². The van der Waals surface area contributed by atoms with Crippen LogP contribution in [-0.2, 0) is 20.4 Å². The van der Waals surface area contributed by atoms with Crippen molar-refractivity contribution in [1.82, 2.24) is 4.90 Å². The minimum atomic E-state index is 0. The first kappa shape index (κ1) is 12.8. The number of likely N-dealkylation sites (tertiary alicyclic amines) is 1. The van der Waals surface area contributed by atoms with Gasteiger partial charge in [0.15, 0.2) is 0 Å². The van der Waals surface area contributed by atoms with Gasteiger partial charge in [-0.1, -0.05) is 0 Å². The molecule has 9 heavy (non-hydrogen) atoms. The number of rotatable bonds is 0. The van der Waals surface area contributed by atoms with Crippen molar-refractivity contribution in [1.29, 1.82) is 0 Å². The summed E-state index contributed by atoms with van der Waals surface area (Å²) in [6.45, 7) is 2.53. The monoisotopic (exact) mass is 312 g/mol. The Bertz CT molecular complexity index is 55.0. The molecule has 3 heteroatoms. The molecule has 0 spiro atoms. The molecular weight excluding hydrogens is 299 g/mol. The predicted molar refractivity (Wildman–Crippen MR) is 36.8 cm³/mol. The number of piperidine rings is 1. The van der Waals surface area contributed by atoms with E-state index in [0.717, 1.165) is 0 Å². The maximum atomic E-state index is 2.36. The molecule has 1 nitrogen and oxygen atoms in total. The van der Waals surface area contributed by atoms with Crippen LogP contribution in [0.15, 0.2) is 0 Å². The fourth-order valence-corrected chi connectivity index (χ4v) is 0.879. The Hall–Kier alpha value is 1.15. The van der Waals surface area contributed by atoms with Crippen LogP contribution in [0.2, 0.25) is 0 Å². The van der Waals surface area contributed by atoms with Crippen LogP contribution in [0.3, 0.4) is 0 Å². The smallest absolute Gasteiger partial charge is 0 e. The fraction of sp³-hybridized carbons (Fsp3) is 0.833. The second-order valence-corrected chi connectivity index (χ2v) is 2.17. The first-order valence-corrected chi connectivity index (χ1v) is 2.90. The van der Waals surface area contributed by atoms with E-state index in [0.29, 0.717) is 0 Å². The summed E-state index contributed by atoms with van der Waals surface area (Å²) in [5, 5.41) is 0. The van der Waals surface area contributed by atoms with Gasteiger partial charge < -0.3 is 11.3 Å². The van der Waals surface area contributed by atoms with E-state index in [9.17, 15) is 0 Å². The van der Waals surface area contributed by atoms with Gasteiger partial charge in [0, 0.05) is 37.8 Å². The van der Waals surface area contributed by atoms with Crippen molar-refractivity contribution in [2.24, 2.45) is 0 Å². The van der Waals surface area contributed by atoms with Crippen LogP contribution in [0.4, 0.5) is 0 Å². The van der Waals surface area contributed by atoms with Gasteiger partial charge in [0.1, 0.15) is 0 Å². The molecule has 1 heterocycles. The third kappa shape index (κ3) is 5.59. The Kier molecular flexibility index (Phi) is 10.3. The molecule has 0 aromatic carbocycles. The van der Waals surface area contributed by atoms with E-state index in [-0.39, 0.29) is 37.8 Å². The third-order valence-corrected chi connectivity index (χ3v) is 1.43. The van der Waals surface area contributed by atoms with E-state index >= 15 is 0 Å². The zero-order valence-electron chi connectivity index (χ0n) is 5.81. The van der Waals surface area contributed by atoms with Crippen molar-refractivity contribution in [3.63, 3.8) is 0 Å². The van der Waals surface area contributed by atoms with Gasteiger partial charge in [-0.25, -0.2) is 0 Å². The minimum absolute atomic E-state index is 0. The quantitative estimate of drug-likeness (QED) is 0.466. The van der Waals surface area contributed by atoms with Crippen LogP contribution in [0.5, 0.6) is 0 Å². The van der Waals surface area contributed by atoms with Gasteiger partial charge in [0.25, 0.3) is 0 Å². The molecule has 0 N–H and O–H groups in total. The van der Waals surface area contributed by atoms with Crippen molar-refractivity contribution in [2.45, 2.75) is 12.8 Å². The Morgan fingerprint density at radius 2 is 1.67 bits per heavy atom. The molecular formula is C6H12AlNRe-. The van der Waals surface area contributed by atoms with Crippen molar-refractivity contribution < 1.29 is 20.4 Å². The number of hydrogen-bond acceptors (Lipinski definition) is 1. The Labute approximate surface area is 82.0 Å². The van der Waals surface area contributed by atoms with E-state index in [1.165, 1.54) is 25.9 Å². The number of hydrogen-bond donors (Lipinski definition) is 0. The summed E-state index contributed by atoms with van der Waals surface area (Å²) in [5.74, 6) is 0. The normalized spacial score (nSPS) is 19.7. The molecule has 1 aliphatic rings. The van der Waals surface area contributed by atoms with Crippen molar-refractivity contribution >= 4 is 17.4 Å². The summed E-state index contributed by atoms with van der Waals surface area (Å²) >= 11 is 0. The standard InChI is InChI=1S/C6H12N.Al.Re/c1-7-5-3-2-4-6-7;;/h2H,3-6H2,1H3;;/q-1;;. The Balaban J connectivity index is 0. The van der Waals surface area contributed by atoms with Crippen LogP contribution in [-0.4, -0.2) is 42.4 Å². The summed E-state index contributed by atoms with van der Waals surface area (Å²) < 4.78 is 0.